The highest BCUT2D eigenvalue weighted by molar-refractivity contribution is 7.15. The van der Waals surface area contributed by atoms with Gasteiger partial charge in [0, 0.05) is 0 Å². The molecule has 1 rings (SSSR count). The van der Waals surface area contributed by atoms with Gasteiger partial charge in [0.25, 0.3) is 0 Å². The minimum absolute atomic E-state index is 0.264. The zero-order valence-corrected chi connectivity index (χ0v) is 9.19. The van der Waals surface area contributed by atoms with Gasteiger partial charge in [0.15, 0.2) is 5.69 Å². The highest BCUT2D eigenvalue weighted by Crippen LogP contribution is 2.22. The molecule has 0 spiro atoms. The Morgan fingerprint density at radius 2 is 2.29 bits per heavy atom. The average Bonchev–Trinajstić information content (AvgIpc) is 2.48. The molecule has 5 heteroatoms. The number of nitrogens with zero attached hydrogens (tertiary/aromatic N) is 1. The van der Waals surface area contributed by atoms with Crippen molar-refractivity contribution in [3.8, 4) is 0 Å². The smallest absolute Gasteiger partial charge is 0.360 e. The molecule has 0 aliphatic rings. The molecule has 0 aliphatic heterocycles. The second-order valence-corrected chi connectivity index (χ2v) is 3.91. The van der Waals surface area contributed by atoms with E-state index in [4.69, 9.17) is 10.5 Å². The van der Waals surface area contributed by atoms with Gasteiger partial charge in [0.05, 0.1) is 11.6 Å². The van der Waals surface area contributed by atoms with Crippen LogP contribution < -0.4 is 5.73 Å². The number of aryl methyl sites for hydroxylation is 1. The molecule has 0 amide bonds. The van der Waals surface area contributed by atoms with E-state index in [1.54, 1.807) is 6.92 Å². The Bertz CT molecular complexity index is 323. The first-order chi connectivity index (χ1) is 6.69. The van der Waals surface area contributed by atoms with Crippen molar-refractivity contribution in [2.45, 2.75) is 26.7 Å². The molecule has 0 bridgehead atoms. The zero-order chi connectivity index (χ0) is 10.6. The summed E-state index contributed by atoms with van der Waals surface area (Å²) in [6.07, 6.45) is 1.85. The monoisotopic (exact) mass is 214 g/mol. The molecule has 1 aromatic heterocycles. The van der Waals surface area contributed by atoms with E-state index in [0.717, 1.165) is 17.8 Å². The lowest BCUT2D eigenvalue weighted by Crippen LogP contribution is -2.07. The van der Waals surface area contributed by atoms with Gasteiger partial charge < -0.3 is 10.5 Å². The molecule has 1 aromatic rings. The summed E-state index contributed by atoms with van der Waals surface area (Å²) in [7, 11) is 0. The number of nitrogens with two attached hydrogens (primary N) is 1. The van der Waals surface area contributed by atoms with Crippen LogP contribution in [-0.2, 0) is 11.2 Å². The van der Waals surface area contributed by atoms with Crippen LogP contribution >= 0.6 is 11.3 Å². The van der Waals surface area contributed by atoms with Crippen molar-refractivity contribution in [1.29, 1.82) is 0 Å². The molecule has 2 N–H and O–H groups in total. The number of hydrogen-bond acceptors (Lipinski definition) is 5. The van der Waals surface area contributed by atoms with Crippen molar-refractivity contribution in [1.82, 2.24) is 4.98 Å². The Morgan fingerprint density at radius 3 is 2.86 bits per heavy atom. The maximum atomic E-state index is 11.3. The summed E-state index contributed by atoms with van der Waals surface area (Å²) in [5, 5.41) is 1.35. The van der Waals surface area contributed by atoms with Gasteiger partial charge in [-0.25, -0.2) is 9.78 Å². The summed E-state index contributed by atoms with van der Waals surface area (Å²) >= 11 is 1.36. The summed E-state index contributed by atoms with van der Waals surface area (Å²) in [6, 6.07) is 0. The number of hydrogen-bond donors (Lipinski definition) is 1. The average molecular weight is 214 g/mol. The van der Waals surface area contributed by atoms with Crippen LogP contribution in [-0.4, -0.2) is 17.6 Å². The van der Waals surface area contributed by atoms with Crippen molar-refractivity contribution in [3.05, 3.63) is 10.7 Å². The molecule has 0 fully saturated rings. The molecule has 1 heterocycles. The minimum Gasteiger partial charge on any atom is -0.461 e. The fraction of sp³-hybridized carbons (Fsp3) is 0.556. The van der Waals surface area contributed by atoms with Crippen LogP contribution in [0.3, 0.4) is 0 Å². The number of aromatic nitrogens is 1. The summed E-state index contributed by atoms with van der Waals surface area (Å²) in [4.78, 5) is 15.5. The van der Waals surface area contributed by atoms with Crippen LogP contribution in [0.15, 0.2) is 0 Å². The number of ether oxygens (including phenoxy) is 1. The van der Waals surface area contributed by atoms with Crippen LogP contribution in [0, 0.1) is 0 Å². The Balaban J connectivity index is 2.81. The van der Waals surface area contributed by atoms with E-state index in [-0.39, 0.29) is 5.69 Å². The van der Waals surface area contributed by atoms with Crippen LogP contribution in [0.1, 0.15) is 35.8 Å². The molecule has 4 nitrogen and oxygen atoms in total. The van der Waals surface area contributed by atoms with Crippen LogP contribution in [0.25, 0.3) is 0 Å². The molecular formula is C9H14N2O2S. The fourth-order valence-electron chi connectivity index (χ4n) is 1.04. The number of carbonyl (C=O) groups is 1. The second kappa shape index (κ2) is 4.95. The lowest BCUT2D eigenvalue weighted by atomic mass is 10.3. The Kier molecular flexibility index (Phi) is 3.88. The molecule has 0 aliphatic carbocycles. The normalized spacial score (nSPS) is 10.1. The first-order valence-electron chi connectivity index (χ1n) is 4.61. The summed E-state index contributed by atoms with van der Waals surface area (Å²) in [5.41, 5.74) is 5.92. The zero-order valence-electron chi connectivity index (χ0n) is 8.37. The molecular weight excluding hydrogens is 200 g/mol. The Hall–Kier alpha value is -1.10. The van der Waals surface area contributed by atoms with Crippen LogP contribution in [0.5, 0.6) is 0 Å². The van der Waals surface area contributed by atoms with E-state index < -0.39 is 5.97 Å². The molecule has 0 saturated carbocycles. The first kappa shape index (κ1) is 11.0. The number of anilines is 1. The van der Waals surface area contributed by atoms with Gasteiger partial charge in [-0.1, -0.05) is 6.92 Å². The first-order valence-corrected chi connectivity index (χ1v) is 5.43. The SMILES string of the molecule is CCCc1nc(C(=O)OCC)c(N)s1. The molecule has 0 saturated heterocycles. The predicted molar refractivity (Wildman–Crippen MR) is 56.5 cm³/mol. The number of thiazole rings is 1. The second-order valence-electron chi connectivity index (χ2n) is 2.79. The third-order valence-electron chi connectivity index (χ3n) is 1.63. The highest BCUT2D eigenvalue weighted by atomic mass is 32.1. The number of nitrogen functional groups attached to an aromatic ring is 1. The maximum absolute atomic E-state index is 11.3. The quantitative estimate of drug-likeness (QED) is 0.777. The maximum Gasteiger partial charge on any atom is 0.360 e. The van der Waals surface area contributed by atoms with Crippen molar-refractivity contribution >= 4 is 22.3 Å². The van der Waals surface area contributed by atoms with Gasteiger partial charge in [-0.3, -0.25) is 0 Å². The number of esters is 1. The van der Waals surface area contributed by atoms with Crippen molar-refractivity contribution < 1.29 is 9.53 Å². The van der Waals surface area contributed by atoms with Crippen molar-refractivity contribution in [3.63, 3.8) is 0 Å². The minimum atomic E-state index is -0.427. The molecule has 0 unspecified atom stereocenters. The van der Waals surface area contributed by atoms with Gasteiger partial charge >= 0.3 is 5.97 Å². The van der Waals surface area contributed by atoms with E-state index >= 15 is 0 Å². The van der Waals surface area contributed by atoms with Gasteiger partial charge in [-0.15, -0.1) is 11.3 Å². The van der Waals surface area contributed by atoms with Gasteiger partial charge in [0.1, 0.15) is 5.00 Å². The third-order valence-corrected chi connectivity index (χ3v) is 2.57. The van der Waals surface area contributed by atoms with Crippen molar-refractivity contribution in [2.24, 2.45) is 0 Å². The lowest BCUT2D eigenvalue weighted by Gasteiger charge is -1.97. The van der Waals surface area contributed by atoms with Crippen molar-refractivity contribution in [2.75, 3.05) is 12.3 Å². The Labute approximate surface area is 87.1 Å². The van der Waals surface area contributed by atoms with Gasteiger partial charge in [-0.05, 0) is 19.8 Å². The van der Waals surface area contributed by atoms with Gasteiger partial charge in [-0.2, -0.15) is 0 Å². The number of carbonyl (C=O) groups excluding carboxylic acids is 1. The van der Waals surface area contributed by atoms with Crippen LogP contribution in [0.4, 0.5) is 5.00 Å². The van der Waals surface area contributed by atoms with E-state index in [1.165, 1.54) is 11.3 Å². The topological polar surface area (TPSA) is 65.2 Å². The highest BCUT2D eigenvalue weighted by Gasteiger charge is 2.16. The molecule has 0 aromatic carbocycles. The third kappa shape index (κ3) is 2.45. The predicted octanol–water partition coefficient (Wildman–Crippen LogP) is 1.85. The molecule has 0 radical (unpaired) electrons. The molecule has 78 valence electrons. The van der Waals surface area contributed by atoms with E-state index in [0.29, 0.717) is 11.6 Å². The summed E-state index contributed by atoms with van der Waals surface area (Å²) in [5.74, 6) is -0.427. The molecule has 14 heavy (non-hydrogen) atoms. The lowest BCUT2D eigenvalue weighted by molar-refractivity contribution is 0.0521. The van der Waals surface area contributed by atoms with E-state index in [2.05, 4.69) is 11.9 Å². The van der Waals surface area contributed by atoms with Crippen LogP contribution in [0.2, 0.25) is 0 Å². The van der Waals surface area contributed by atoms with E-state index in [9.17, 15) is 4.79 Å². The fourth-order valence-corrected chi connectivity index (χ4v) is 1.97. The Morgan fingerprint density at radius 1 is 1.57 bits per heavy atom. The summed E-state index contributed by atoms with van der Waals surface area (Å²) < 4.78 is 4.83. The summed E-state index contributed by atoms with van der Waals surface area (Å²) in [6.45, 7) is 4.16. The largest absolute Gasteiger partial charge is 0.461 e. The molecule has 0 atom stereocenters. The number of rotatable bonds is 4. The van der Waals surface area contributed by atoms with Gasteiger partial charge in [0.2, 0.25) is 0 Å². The standard InChI is InChI=1S/C9H14N2O2S/c1-3-5-6-11-7(8(10)14-6)9(12)13-4-2/h3-5,10H2,1-2H3. The van der Waals surface area contributed by atoms with E-state index in [1.807, 2.05) is 0 Å².